The van der Waals surface area contributed by atoms with Crippen LogP contribution in [-0.4, -0.2) is 14.7 Å². The number of rotatable bonds is 3. The minimum atomic E-state index is -3.34. The maximum atomic E-state index is 11.3. The van der Waals surface area contributed by atoms with E-state index >= 15 is 0 Å². The summed E-state index contributed by atoms with van der Waals surface area (Å²) in [5.41, 5.74) is 21.9. The van der Waals surface area contributed by atoms with Gasteiger partial charge in [0.15, 0.2) is 0 Å². The van der Waals surface area contributed by atoms with Gasteiger partial charge in [0, 0.05) is 16.9 Å². The minimum Gasteiger partial charge on any atom is -0.398 e. The molecule has 0 radical (unpaired) electrons. The molecule has 120 valence electrons. The molecular formula is C14H19ClN4O2S. The maximum absolute atomic E-state index is 11.3. The Labute approximate surface area is 136 Å². The first-order chi connectivity index (χ1) is 9.69. The Morgan fingerprint density at radius 2 is 1.68 bits per heavy atom. The highest BCUT2D eigenvalue weighted by molar-refractivity contribution is 7.92. The summed E-state index contributed by atoms with van der Waals surface area (Å²) in [5.74, 6) is 0. The summed E-state index contributed by atoms with van der Waals surface area (Å²) in [6.45, 7) is 1.80. The van der Waals surface area contributed by atoms with E-state index in [2.05, 4.69) is 4.72 Å². The molecule has 0 bridgehead atoms. The van der Waals surface area contributed by atoms with Gasteiger partial charge in [-0.3, -0.25) is 4.72 Å². The van der Waals surface area contributed by atoms with Gasteiger partial charge < -0.3 is 17.2 Å². The molecule has 0 heterocycles. The van der Waals surface area contributed by atoms with E-state index in [1.54, 1.807) is 31.2 Å². The molecule has 0 aromatic heterocycles. The van der Waals surface area contributed by atoms with Crippen LogP contribution in [-0.2, 0) is 10.0 Å². The number of nitrogen functional groups attached to an aromatic ring is 3. The molecule has 2 aromatic carbocycles. The van der Waals surface area contributed by atoms with Crippen LogP contribution in [0.1, 0.15) is 5.56 Å². The van der Waals surface area contributed by atoms with Gasteiger partial charge in [-0.05, 0) is 36.2 Å². The molecular weight excluding hydrogens is 324 g/mol. The zero-order valence-corrected chi connectivity index (χ0v) is 13.9. The fourth-order valence-corrected chi connectivity index (χ4v) is 2.60. The molecule has 0 fully saturated rings. The first kappa shape index (κ1) is 17.9. The van der Waals surface area contributed by atoms with Crippen LogP contribution in [0.2, 0.25) is 0 Å². The van der Waals surface area contributed by atoms with Crippen LogP contribution >= 0.6 is 12.4 Å². The topological polar surface area (TPSA) is 124 Å². The van der Waals surface area contributed by atoms with Crippen LogP contribution in [0, 0.1) is 6.92 Å². The molecule has 22 heavy (non-hydrogen) atoms. The van der Waals surface area contributed by atoms with Crippen molar-refractivity contribution in [2.24, 2.45) is 0 Å². The minimum absolute atomic E-state index is 0. The highest BCUT2D eigenvalue weighted by Gasteiger charge is 2.12. The standard InChI is InChI=1S/C14H18N4O2S.ClH/c1-8-12(15)7-11(14(17)13(8)16)9-4-3-5-10(6-9)18-21(2,19)20;/h3-7,18H,15-17H2,1-2H3;1H. The Bertz CT molecular complexity index is 807. The van der Waals surface area contributed by atoms with E-state index in [4.69, 9.17) is 17.2 Å². The van der Waals surface area contributed by atoms with E-state index in [0.717, 1.165) is 17.4 Å². The van der Waals surface area contributed by atoms with E-state index in [1.165, 1.54) is 0 Å². The van der Waals surface area contributed by atoms with Gasteiger partial charge in [0.1, 0.15) is 0 Å². The second-order valence-corrected chi connectivity index (χ2v) is 6.67. The number of sulfonamides is 1. The van der Waals surface area contributed by atoms with Gasteiger partial charge >= 0.3 is 0 Å². The summed E-state index contributed by atoms with van der Waals surface area (Å²) in [6, 6.07) is 8.62. The lowest BCUT2D eigenvalue weighted by atomic mass is 9.98. The predicted octanol–water partition coefficient (Wildman–Crippen LogP) is 2.20. The Hall–Kier alpha value is -2.12. The van der Waals surface area contributed by atoms with Crippen LogP contribution in [0.15, 0.2) is 30.3 Å². The van der Waals surface area contributed by atoms with Crippen molar-refractivity contribution in [1.29, 1.82) is 0 Å². The number of hydrogen-bond acceptors (Lipinski definition) is 5. The molecule has 0 spiro atoms. The lowest BCUT2D eigenvalue weighted by Gasteiger charge is -2.14. The first-order valence-electron chi connectivity index (χ1n) is 6.21. The van der Waals surface area contributed by atoms with Crippen LogP contribution in [0.5, 0.6) is 0 Å². The number of anilines is 4. The highest BCUT2D eigenvalue weighted by atomic mass is 35.5. The molecule has 0 saturated heterocycles. The van der Waals surface area contributed by atoms with E-state index in [1.807, 2.05) is 6.07 Å². The number of hydrogen-bond donors (Lipinski definition) is 4. The summed E-state index contributed by atoms with van der Waals surface area (Å²) < 4.78 is 25.0. The van der Waals surface area contributed by atoms with Crippen LogP contribution in [0.25, 0.3) is 11.1 Å². The molecule has 0 saturated carbocycles. The molecule has 0 aliphatic rings. The van der Waals surface area contributed by atoms with E-state index in [9.17, 15) is 8.42 Å². The van der Waals surface area contributed by atoms with Gasteiger partial charge in [-0.2, -0.15) is 0 Å². The Morgan fingerprint density at radius 3 is 2.27 bits per heavy atom. The summed E-state index contributed by atoms with van der Waals surface area (Å²) in [6.07, 6.45) is 1.09. The highest BCUT2D eigenvalue weighted by Crippen LogP contribution is 2.36. The third-order valence-electron chi connectivity index (χ3n) is 3.19. The summed E-state index contributed by atoms with van der Waals surface area (Å²) >= 11 is 0. The van der Waals surface area contributed by atoms with Crippen LogP contribution < -0.4 is 21.9 Å². The Balaban J connectivity index is 0.00000242. The SMILES string of the molecule is Cc1c(N)cc(-c2cccc(NS(C)(=O)=O)c2)c(N)c1N.Cl. The lowest BCUT2D eigenvalue weighted by molar-refractivity contribution is 0.607. The first-order valence-corrected chi connectivity index (χ1v) is 8.10. The summed E-state index contributed by atoms with van der Waals surface area (Å²) in [4.78, 5) is 0. The molecule has 0 unspecified atom stereocenters. The Morgan fingerprint density at radius 1 is 1.05 bits per heavy atom. The third kappa shape index (κ3) is 3.75. The smallest absolute Gasteiger partial charge is 0.229 e. The van der Waals surface area contributed by atoms with E-state index in [0.29, 0.717) is 28.3 Å². The number of nitrogens with one attached hydrogen (secondary N) is 1. The molecule has 7 N–H and O–H groups in total. The molecule has 6 nitrogen and oxygen atoms in total. The van der Waals surface area contributed by atoms with Crippen molar-refractivity contribution in [1.82, 2.24) is 0 Å². The molecule has 0 amide bonds. The predicted molar refractivity (Wildman–Crippen MR) is 95.6 cm³/mol. The zero-order chi connectivity index (χ0) is 15.8. The fraction of sp³-hybridized carbons (Fsp3) is 0.143. The monoisotopic (exact) mass is 342 g/mol. The molecule has 0 aliphatic carbocycles. The van der Waals surface area contributed by atoms with Gasteiger partial charge in [-0.15, -0.1) is 12.4 Å². The van der Waals surface area contributed by atoms with Crippen molar-refractivity contribution in [3.05, 3.63) is 35.9 Å². The van der Waals surface area contributed by atoms with Crippen molar-refractivity contribution in [2.75, 3.05) is 28.2 Å². The maximum Gasteiger partial charge on any atom is 0.229 e. The van der Waals surface area contributed by atoms with Crippen LogP contribution in [0.3, 0.4) is 0 Å². The van der Waals surface area contributed by atoms with Crippen LogP contribution in [0.4, 0.5) is 22.7 Å². The second-order valence-electron chi connectivity index (χ2n) is 4.92. The van der Waals surface area contributed by atoms with Crippen molar-refractivity contribution in [2.45, 2.75) is 6.92 Å². The van der Waals surface area contributed by atoms with Gasteiger partial charge in [0.25, 0.3) is 0 Å². The Kier molecular flexibility index (Phi) is 5.16. The average Bonchev–Trinajstić information content (AvgIpc) is 2.39. The molecule has 2 rings (SSSR count). The number of nitrogens with two attached hydrogens (primary N) is 3. The van der Waals surface area contributed by atoms with E-state index < -0.39 is 10.0 Å². The normalized spacial score (nSPS) is 10.8. The van der Waals surface area contributed by atoms with Crippen molar-refractivity contribution < 1.29 is 8.42 Å². The average molecular weight is 343 g/mol. The van der Waals surface area contributed by atoms with E-state index in [-0.39, 0.29) is 12.4 Å². The lowest BCUT2D eigenvalue weighted by Crippen LogP contribution is -2.09. The van der Waals surface area contributed by atoms with Gasteiger partial charge in [-0.25, -0.2) is 8.42 Å². The zero-order valence-electron chi connectivity index (χ0n) is 12.3. The number of benzene rings is 2. The summed E-state index contributed by atoms with van der Waals surface area (Å²) in [7, 11) is -3.34. The van der Waals surface area contributed by atoms with Gasteiger partial charge in [-0.1, -0.05) is 12.1 Å². The third-order valence-corrected chi connectivity index (χ3v) is 3.80. The van der Waals surface area contributed by atoms with Crippen molar-refractivity contribution >= 4 is 45.2 Å². The second kappa shape index (κ2) is 6.33. The molecule has 0 aliphatic heterocycles. The molecule has 2 aromatic rings. The number of halogens is 1. The summed E-state index contributed by atoms with van der Waals surface area (Å²) in [5, 5.41) is 0. The molecule has 0 atom stereocenters. The van der Waals surface area contributed by atoms with Crippen molar-refractivity contribution in [3.8, 4) is 11.1 Å². The van der Waals surface area contributed by atoms with Crippen molar-refractivity contribution in [3.63, 3.8) is 0 Å². The largest absolute Gasteiger partial charge is 0.398 e. The van der Waals surface area contributed by atoms with Gasteiger partial charge in [0.05, 0.1) is 17.6 Å². The quantitative estimate of drug-likeness (QED) is 0.636. The fourth-order valence-electron chi connectivity index (χ4n) is 2.05. The molecule has 8 heteroatoms. The van der Waals surface area contributed by atoms with Gasteiger partial charge in [0.2, 0.25) is 10.0 Å².